The number of rotatable bonds is 4. The van der Waals surface area contributed by atoms with Gasteiger partial charge >= 0.3 is 6.18 Å². The van der Waals surface area contributed by atoms with Crippen LogP contribution in [0.25, 0.3) is 10.2 Å². The van der Waals surface area contributed by atoms with Gasteiger partial charge in [-0.15, -0.1) is 11.3 Å². The lowest BCUT2D eigenvalue weighted by molar-refractivity contribution is -0.272. The molecule has 2 aromatic heterocycles. The van der Waals surface area contributed by atoms with Crippen LogP contribution in [-0.2, 0) is 11.2 Å². The molecule has 1 N–H and O–H groups in total. The molecule has 29 heavy (non-hydrogen) atoms. The van der Waals surface area contributed by atoms with Crippen molar-refractivity contribution in [1.29, 1.82) is 0 Å². The second-order valence-electron chi connectivity index (χ2n) is 9.05. The topological polar surface area (TPSA) is 61.7 Å². The summed E-state index contributed by atoms with van der Waals surface area (Å²) in [6, 6.07) is 1.57. The molecule has 2 aromatic rings. The van der Waals surface area contributed by atoms with E-state index in [1.54, 1.807) is 6.07 Å². The van der Waals surface area contributed by atoms with Gasteiger partial charge in [-0.2, -0.15) is 13.2 Å². The third kappa shape index (κ3) is 4.50. The van der Waals surface area contributed by atoms with Crippen molar-refractivity contribution < 1.29 is 23.0 Å². The Bertz CT molecular complexity index is 890. The first kappa shape index (κ1) is 20.8. The lowest BCUT2D eigenvalue weighted by Gasteiger charge is -2.50. The fourth-order valence-electron chi connectivity index (χ4n) is 4.17. The van der Waals surface area contributed by atoms with Gasteiger partial charge in [0.05, 0.1) is 17.4 Å². The lowest BCUT2D eigenvalue weighted by Crippen LogP contribution is -2.62. The molecule has 2 fully saturated rings. The van der Waals surface area contributed by atoms with Crippen LogP contribution in [0, 0.1) is 5.41 Å². The Morgan fingerprint density at radius 2 is 1.97 bits per heavy atom. The van der Waals surface area contributed by atoms with E-state index in [-0.39, 0.29) is 10.3 Å². The molecule has 2 aliphatic rings. The summed E-state index contributed by atoms with van der Waals surface area (Å²) < 4.78 is 43.9. The number of likely N-dealkylation sites (tertiary alicyclic amines) is 1. The molecule has 2 aliphatic heterocycles. The van der Waals surface area contributed by atoms with Gasteiger partial charge < -0.3 is 14.7 Å². The Labute approximate surface area is 171 Å². The monoisotopic (exact) mass is 430 g/mol. The summed E-state index contributed by atoms with van der Waals surface area (Å²) in [7, 11) is 0. The van der Waals surface area contributed by atoms with E-state index in [1.807, 2.05) is 25.7 Å². The second kappa shape index (κ2) is 7.04. The van der Waals surface area contributed by atoms with Crippen molar-refractivity contribution in [2.75, 3.05) is 31.1 Å². The number of hydrogen-bond acceptors (Lipinski definition) is 7. The Balaban J connectivity index is 1.45. The third-order valence-corrected chi connectivity index (χ3v) is 6.36. The first-order valence-corrected chi connectivity index (χ1v) is 10.4. The maximum atomic E-state index is 12.8. The lowest BCUT2D eigenvalue weighted by atomic mass is 9.79. The van der Waals surface area contributed by atoms with E-state index in [9.17, 15) is 18.3 Å². The number of ether oxygens (including phenoxy) is 1. The first-order valence-electron chi connectivity index (χ1n) is 9.58. The van der Waals surface area contributed by atoms with Crippen molar-refractivity contribution in [2.24, 2.45) is 5.41 Å². The number of hydrogen-bond donors (Lipinski definition) is 1. The van der Waals surface area contributed by atoms with E-state index in [1.165, 1.54) is 6.33 Å². The number of nitrogens with zero attached hydrogens (tertiary/aromatic N) is 4. The van der Waals surface area contributed by atoms with E-state index < -0.39 is 24.6 Å². The van der Waals surface area contributed by atoms with Crippen LogP contribution >= 0.6 is 11.3 Å². The Morgan fingerprint density at radius 1 is 1.24 bits per heavy atom. The maximum Gasteiger partial charge on any atom is 0.393 e. The number of thiophene rings is 1. The van der Waals surface area contributed by atoms with Gasteiger partial charge in [-0.25, -0.2) is 9.97 Å². The molecule has 0 radical (unpaired) electrons. The van der Waals surface area contributed by atoms with Gasteiger partial charge in [-0.05, 0) is 33.3 Å². The minimum absolute atomic E-state index is 0.0460. The molecule has 10 heteroatoms. The molecular weight excluding hydrogens is 405 g/mol. The molecule has 0 bridgehead atoms. The highest BCUT2D eigenvalue weighted by atomic mass is 32.1. The van der Waals surface area contributed by atoms with E-state index in [0.29, 0.717) is 16.0 Å². The zero-order chi connectivity index (χ0) is 21.0. The molecule has 0 amide bonds. The number of alkyl halides is 3. The zero-order valence-corrected chi connectivity index (χ0v) is 17.5. The second-order valence-corrected chi connectivity index (χ2v) is 10.2. The predicted octanol–water partition coefficient (Wildman–Crippen LogP) is 3.40. The predicted molar refractivity (Wildman–Crippen MR) is 105 cm³/mol. The van der Waals surface area contributed by atoms with E-state index in [2.05, 4.69) is 14.9 Å². The van der Waals surface area contributed by atoms with Crippen LogP contribution in [0.1, 0.15) is 32.1 Å². The molecule has 1 unspecified atom stereocenters. The maximum absolute atomic E-state index is 12.8. The Hall–Kier alpha value is -1.49. The molecule has 4 rings (SSSR count). The molecule has 0 aliphatic carbocycles. The van der Waals surface area contributed by atoms with E-state index >= 15 is 0 Å². The van der Waals surface area contributed by atoms with Crippen molar-refractivity contribution >= 4 is 27.4 Å². The van der Waals surface area contributed by atoms with Gasteiger partial charge in [-0.1, -0.05) is 0 Å². The number of fused-ring (bicyclic) bond motifs is 1. The average molecular weight is 430 g/mol. The summed E-state index contributed by atoms with van der Waals surface area (Å²) in [5.74, 6) is 0.696. The Kier molecular flexibility index (Phi) is 5.04. The van der Waals surface area contributed by atoms with Crippen molar-refractivity contribution in [1.82, 2.24) is 14.9 Å². The molecule has 6 nitrogen and oxygen atoms in total. The number of anilines is 1. The summed E-state index contributed by atoms with van der Waals surface area (Å²) in [5.41, 5.74) is -0.381. The minimum Gasteiger partial charge on any atom is -0.356 e. The summed E-state index contributed by atoms with van der Waals surface area (Å²) in [4.78, 5) is 13.4. The molecule has 1 spiro atoms. The molecule has 0 aromatic carbocycles. The van der Waals surface area contributed by atoms with Gasteiger partial charge in [0.1, 0.15) is 17.0 Å². The number of aromatic nitrogens is 2. The van der Waals surface area contributed by atoms with Crippen LogP contribution in [0.2, 0.25) is 0 Å². The zero-order valence-electron chi connectivity index (χ0n) is 16.7. The van der Waals surface area contributed by atoms with Gasteiger partial charge in [-0.3, -0.25) is 4.90 Å². The van der Waals surface area contributed by atoms with Crippen LogP contribution in [0.4, 0.5) is 19.0 Å². The van der Waals surface area contributed by atoms with Crippen LogP contribution in [-0.4, -0.2) is 64.3 Å². The molecule has 160 valence electrons. The van der Waals surface area contributed by atoms with E-state index in [4.69, 9.17) is 4.74 Å². The van der Waals surface area contributed by atoms with Crippen molar-refractivity contribution in [3.63, 3.8) is 0 Å². The minimum atomic E-state index is -4.24. The van der Waals surface area contributed by atoms with Crippen molar-refractivity contribution in [2.45, 2.75) is 51.8 Å². The summed E-state index contributed by atoms with van der Waals surface area (Å²) in [6.07, 6.45) is -3.75. The van der Waals surface area contributed by atoms with Crippen LogP contribution < -0.4 is 4.90 Å². The van der Waals surface area contributed by atoms with Gasteiger partial charge in [0.25, 0.3) is 0 Å². The highest BCUT2D eigenvalue weighted by Gasteiger charge is 2.50. The van der Waals surface area contributed by atoms with E-state index in [0.717, 1.165) is 43.9 Å². The normalized spacial score (nSPS) is 21.1. The van der Waals surface area contributed by atoms with Crippen LogP contribution in [0.15, 0.2) is 12.4 Å². The Morgan fingerprint density at radius 3 is 2.62 bits per heavy atom. The largest absolute Gasteiger partial charge is 0.393 e. The molecule has 0 saturated carbocycles. The molecule has 1 atom stereocenters. The molecule has 2 saturated heterocycles. The van der Waals surface area contributed by atoms with Gasteiger partial charge in [0.15, 0.2) is 0 Å². The quantitative estimate of drug-likeness (QED) is 0.751. The molecular formula is C19H25F3N4O2S. The number of aliphatic hydroxyl groups excluding tert-OH is 1. The average Bonchev–Trinajstić information content (AvgIpc) is 3.12. The van der Waals surface area contributed by atoms with Crippen molar-refractivity contribution in [3.05, 3.63) is 17.3 Å². The fraction of sp³-hybridized carbons (Fsp3) is 0.684. The van der Waals surface area contributed by atoms with Gasteiger partial charge in [0, 0.05) is 36.5 Å². The van der Waals surface area contributed by atoms with Crippen molar-refractivity contribution in [3.8, 4) is 0 Å². The summed E-state index contributed by atoms with van der Waals surface area (Å²) in [6.45, 7) is 8.67. The fourth-order valence-corrected chi connectivity index (χ4v) is 5.19. The smallest absolute Gasteiger partial charge is 0.356 e. The standard InChI is InChI=1S/C19H25F3N4O2S/c1-17(2,3)28-16(27)26-9-18(10-26)4-5-25(8-18)14-13-6-12(7-19(20,21)22)29-15(13)24-11-23-14/h6,11,16,27H,4-5,7-10H2,1-3H3. The summed E-state index contributed by atoms with van der Waals surface area (Å²) >= 11 is 1.07. The number of halogens is 3. The first-order chi connectivity index (χ1) is 13.4. The highest BCUT2D eigenvalue weighted by Crippen LogP contribution is 2.43. The summed E-state index contributed by atoms with van der Waals surface area (Å²) in [5, 5.41) is 10.9. The number of aliphatic hydroxyl groups is 1. The highest BCUT2D eigenvalue weighted by molar-refractivity contribution is 7.18. The van der Waals surface area contributed by atoms with Crippen LogP contribution in [0.5, 0.6) is 0 Å². The SMILES string of the molecule is CC(C)(C)OC(O)N1CC2(CCN(c3ncnc4sc(CC(F)(F)F)cc34)C2)C1. The van der Waals surface area contributed by atoms with Crippen LogP contribution in [0.3, 0.4) is 0 Å². The van der Waals surface area contributed by atoms with Gasteiger partial charge in [0.2, 0.25) is 6.41 Å². The molecule has 4 heterocycles. The third-order valence-electron chi connectivity index (χ3n) is 5.32.